The molecular weight excluding hydrogens is 745 g/mol. The maximum Gasteiger partial charge on any atom is 0.408 e. The summed E-state index contributed by atoms with van der Waals surface area (Å²) in [6.07, 6.45) is 6.19. The lowest BCUT2D eigenvalue weighted by atomic mass is 9.87. The summed E-state index contributed by atoms with van der Waals surface area (Å²) >= 11 is 5.32. The van der Waals surface area contributed by atoms with E-state index in [0.29, 0.717) is 55.7 Å². The van der Waals surface area contributed by atoms with Crippen molar-refractivity contribution in [2.45, 2.75) is 149 Å². The third-order valence-electron chi connectivity index (χ3n) is 8.39. The second-order valence-electron chi connectivity index (χ2n) is 17.1. The Labute approximate surface area is 344 Å². The van der Waals surface area contributed by atoms with Crippen molar-refractivity contribution in [3.8, 4) is 0 Å². The van der Waals surface area contributed by atoms with E-state index in [-0.39, 0.29) is 28.2 Å². The number of hydrogen-bond donors (Lipinski definition) is 6. The number of thiocarbonyl (C=S) groups is 1. The molecule has 14 heteroatoms. The maximum atomic E-state index is 13.0. The normalized spacial score (nSPS) is 12.1. The minimum absolute atomic E-state index is 0.00328. The number of rotatable bonds is 19. The van der Waals surface area contributed by atoms with Crippen LogP contribution in [0.1, 0.15) is 142 Å². The summed E-state index contributed by atoms with van der Waals surface area (Å²) in [4.78, 5) is 62.4. The van der Waals surface area contributed by atoms with Gasteiger partial charge >= 0.3 is 12.2 Å². The van der Waals surface area contributed by atoms with Gasteiger partial charge in [0.15, 0.2) is 5.11 Å². The van der Waals surface area contributed by atoms with Gasteiger partial charge in [0.05, 0.1) is 0 Å². The first-order valence-corrected chi connectivity index (χ1v) is 20.4. The van der Waals surface area contributed by atoms with E-state index in [4.69, 9.17) is 21.7 Å². The van der Waals surface area contributed by atoms with E-state index in [9.17, 15) is 24.0 Å². The summed E-state index contributed by atoms with van der Waals surface area (Å²) in [6.45, 7) is 17.9. The molecule has 5 amide bonds. The van der Waals surface area contributed by atoms with Gasteiger partial charge in [-0.3, -0.25) is 19.7 Å². The van der Waals surface area contributed by atoms with E-state index in [0.717, 1.165) is 44.1 Å². The number of alkyl carbamates (subject to hydrolysis) is 2. The van der Waals surface area contributed by atoms with E-state index in [1.165, 1.54) is 0 Å². The molecule has 0 saturated carbocycles. The number of ether oxygens (including phenoxy) is 2. The van der Waals surface area contributed by atoms with Crippen LogP contribution in [0.2, 0.25) is 0 Å². The van der Waals surface area contributed by atoms with Crippen LogP contribution in [-0.2, 0) is 24.5 Å². The predicted octanol–water partition coefficient (Wildman–Crippen LogP) is 8.48. The first-order valence-electron chi connectivity index (χ1n) is 20.0. The van der Waals surface area contributed by atoms with E-state index in [1.807, 2.05) is 12.1 Å². The molecule has 0 aliphatic carbocycles. The van der Waals surface area contributed by atoms with Gasteiger partial charge in [0.1, 0.15) is 17.2 Å². The van der Waals surface area contributed by atoms with Gasteiger partial charge in [-0.25, -0.2) is 9.59 Å². The van der Waals surface area contributed by atoms with Crippen LogP contribution in [0.4, 0.5) is 21.0 Å². The molecular formula is C43H66N6O7S. The lowest BCUT2D eigenvalue weighted by Gasteiger charge is -2.23. The molecule has 0 aliphatic heterocycles. The van der Waals surface area contributed by atoms with Crippen LogP contribution in [0.5, 0.6) is 0 Å². The summed E-state index contributed by atoms with van der Waals surface area (Å²) in [5.74, 6) is -0.632. The fourth-order valence-electron chi connectivity index (χ4n) is 5.47. The summed E-state index contributed by atoms with van der Waals surface area (Å²) in [7, 11) is 0. The average molecular weight is 811 g/mol. The van der Waals surface area contributed by atoms with E-state index in [2.05, 4.69) is 52.7 Å². The highest BCUT2D eigenvalue weighted by Gasteiger charge is 2.24. The number of carbonyl (C=O) groups is 5. The highest BCUT2D eigenvalue weighted by atomic mass is 32.1. The molecule has 0 bridgehead atoms. The quantitative estimate of drug-likeness (QED) is 0.0600. The van der Waals surface area contributed by atoms with Crippen LogP contribution in [0.3, 0.4) is 0 Å². The molecule has 0 heterocycles. The number of nitrogens with one attached hydrogen (secondary N) is 6. The molecule has 0 unspecified atom stereocenters. The van der Waals surface area contributed by atoms with Gasteiger partial charge in [0, 0.05) is 36.4 Å². The molecule has 2 aromatic carbocycles. The number of carbonyl (C=O) groups excluding carboxylic acids is 5. The number of unbranched alkanes of at least 4 members (excludes halogenated alkanes) is 6. The van der Waals surface area contributed by atoms with Crippen molar-refractivity contribution < 1.29 is 33.4 Å². The third kappa shape index (κ3) is 22.0. The van der Waals surface area contributed by atoms with Gasteiger partial charge in [-0.2, -0.15) is 0 Å². The van der Waals surface area contributed by atoms with Gasteiger partial charge in [0.25, 0.3) is 5.91 Å². The third-order valence-corrected chi connectivity index (χ3v) is 8.60. The molecule has 0 radical (unpaired) electrons. The topological polar surface area (TPSA) is 176 Å². The first kappa shape index (κ1) is 48.4. The van der Waals surface area contributed by atoms with Crippen molar-refractivity contribution >= 4 is 58.6 Å². The summed E-state index contributed by atoms with van der Waals surface area (Å²) in [5.41, 5.74) is 1.72. The standard InChI is InChI=1S/C43H66N6O7S/c1-41(2,3)31-22-20-30(21-23-31)36(51)49-38(57)47-33-26-24-32(25-27-33)46-35(50)19-14-12-10-11-13-16-28-44-37(52)34(48-40(54)56-43(7,8)9)18-15-17-29-45-39(53)55-42(4,5)6/h20-27,34H,10-19,28-29H2,1-9H3,(H,44,52)(H,45,53)(H,46,50)(H,48,54)(H2,47,49,51,57)/t34-/m0/s1. The van der Waals surface area contributed by atoms with Crippen molar-refractivity contribution in [3.05, 3.63) is 59.7 Å². The van der Waals surface area contributed by atoms with Crippen LogP contribution in [-0.4, -0.2) is 65.4 Å². The Balaban J connectivity index is 1.63. The van der Waals surface area contributed by atoms with Crippen LogP contribution in [0.25, 0.3) is 0 Å². The molecule has 0 saturated heterocycles. The Hall–Kier alpha value is -4.72. The molecule has 0 spiro atoms. The minimum Gasteiger partial charge on any atom is -0.444 e. The lowest BCUT2D eigenvalue weighted by Crippen LogP contribution is -2.48. The summed E-state index contributed by atoms with van der Waals surface area (Å²) in [5, 5.41) is 17.1. The largest absolute Gasteiger partial charge is 0.444 e. The van der Waals surface area contributed by atoms with Crippen LogP contribution in [0.15, 0.2) is 48.5 Å². The Morgan fingerprint density at radius 3 is 1.70 bits per heavy atom. The fraction of sp³-hybridized carbons (Fsp3) is 0.581. The van der Waals surface area contributed by atoms with E-state index >= 15 is 0 Å². The first-order chi connectivity index (χ1) is 26.6. The van der Waals surface area contributed by atoms with Crippen molar-refractivity contribution in [2.24, 2.45) is 0 Å². The van der Waals surface area contributed by atoms with Crippen molar-refractivity contribution in [2.75, 3.05) is 23.7 Å². The Morgan fingerprint density at radius 1 is 0.614 bits per heavy atom. The monoisotopic (exact) mass is 810 g/mol. The number of hydrogen-bond acceptors (Lipinski definition) is 8. The van der Waals surface area contributed by atoms with E-state index in [1.54, 1.807) is 77.9 Å². The molecule has 316 valence electrons. The second kappa shape index (κ2) is 23.5. The predicted molar refractivity (Wildman–Crippen MR) is 230 cm³/mol. The molecule has 0 aromatic heterocycles. The maximum absolute atomic E-state index is 13.0. The minimum atomic E-state index is -0.762. The number of anilines is 2. The highest BCUT2D eigenvalue weighted by Crippen LogP contribution is 2.22. The Morgan fingerprint density at radius 2 is 1.12 bits per heavy atom. The highest BCUT2D eigenvalue weighted by molar-refractivity contribution is 7.80. The van der Waals surface area contributed by atoms with Crippen molar-refractivity contribution in [1.82, 2.24) is 21.3 Å². The fourth-order valence-corrected chi connectivity index (χ4v) is 5.68. The van der Waals surface area contributed by atoms with Crippen molar-refractivity contribution in [3.63, 3.8) is 0 Å². The van der Waals surface area contributed by atoms with Gasteiger partial charge in [-0.05, 0) is 133 Å². The second-order valence-corrected chi connectivity index (χ2v) is 17.6. The van der Waals surface area contributed by atoms with E-state index < -0.39 is 29.4 Å². The number of benzene rings is 2. The molecule has 0 aliphatic rings. The lowest BCUT2D eigenvalue weighted by molar-refractivity contribution is -0.123. The zero-order valence-corrected chi connectivity index (χ0v) is 36.3. The van der Waals surface area contributed by atoms with Crippen LogP contribution in [0, 0.1) is 0 Å². The molecule has 2 aromatic rings. The summed E-state index contributed by atoms with van der Waals surface area (Å²) < 4.78 is 10.6. The average Bonchev–Trinajstić information content (AvgIpc) is 3.09. The van der Waals surface area contributed by atoms with Crippen molar-refractivity contribution in [1.29, 1.82) is 0 Å². The smallest absolute Gasteiger partial charge is 0.408 e. The van der Waals surface area contributed by atoms with Gasteiger partial charge in [-0.15, -0.1) is 0 Å². The number of amides is 5. The molecule has 57 heavy (non-hydrogen) atoms. The van der Waals surface area contributed by atoms with Gasteiger partial charge < -0.3 is 36.1 Å². The van der Waals surface area contributed by atoms with Crippen LogP contribution < -0.4 is 31.9 Å². The Kier molecular flexibility index (Phi) is 20.0. The molecule has 13 nitrogen and oxygen atoms in total. The van der Waals surface area contributed by atoms with Crippen LogP contribution >= 0.6 is 12.2 Å². The summed E-state index contributed by atoms with van der Waals surface area (Å²) in [6, 6.07) is 13.8. The van der Waals surface area contributed by atoms with Gasteiger partial charge in [0.2, 0.25) is 11.8 Å². The zero-order chi connectivity index (χ0) is 42.6. The SMILES string of the molecule is CC(C)(C)OC(=O)NCCCC[C@H](NC(=O)OC(C)(C)C)C(=O)NCCCCCCCCC(=O)Nc1ccc(NC(=S)NC(=O)c2ccc(C(C)(C)C)cc2)cc1. The molecule has 1 atom stereocenters. The Bertz CT molecular complexity index is 1610. The zero-order valence-electron chi connectivity index (χ0n) is 35.4. The van der Waals surface area contributed by atoms with Gasteiger partial charge in [-0.1, -0.05) is 58.6 Å². The molecule has 0 fully saturated rings. The molecule has 2 rings (SSSR count). The molecule has 6 N–H and O–H groups in total.